The van der Waals surface area contributed by atoms with Crippen molar-refractivity contribution in [3.8, 4) is 0 Å². The predicted molar refractivity (Wildman–Crippen MR) is 91.5 cm³/mol. The zero-order chi connectivity index (χ0) is 19.6. The van der Waals surface area contributed by atoms with E-state index in [2.05, 4.69) is 24.3 Å². The van der Waals surface area contributed by atoms with Gasteiger partial charge in [-0.1, -0.05) is 60.7 Å². The molecule has 0 aliphatic rings. The topological polar surface area (TPSA) is 0 Å². The molecule has 0 heterocycles. The summed E-state index contributed by atoms with van der Waals surface area (Å²) < 4.78 is 39.2. The summed E-state index contributed by atoms with van der Waals surface area (Å²) in [5, 5.41) is 0. The fourth-order valence-electron chi connectivity index (χ4n) is 2.55. The fourth-order valence-corrected chi connectivity index (χ4v) is 2.55. The molecule has 1 nitrogen and oxygen atoms in total. The van der Waals surface area contributed by atoms with E-state index >= 15 is 0 Å². The van der Waals surface area contributed by atoms with E-state index < -0.39 is 13.3 Å². The van der Waals surface area contributed by atoms with Crippen LogP contribution in [0.5, 0.6) is 0 Å². The molecular weight excluding hydrogens is 334 g/mol. The van der Waals surface area contributed by atoms with Crippen molar-refractivity contribution in [1.82, 2.24) is 0 Å². The molecule has 22 heavy (non-hydrogen) atoms. The van der Waals surface area contributed by atoms with Gasteiger partial charge < -0.3 is 21.5 Å². The fraction of sp³-hybridized carbons (Fsp3) is 0.400. The van der Waals surface area contributed by atoms with Gasteiger partial charge in [-0.2, -0.15) is 0 Å². The third kappa shape index (κ3) is 4.69. The highest BCUT2D eigenvalue weighted by Crippen LogP contribution is 2.31. The molecule has 0 radical (unpaired) electrons. The van der Waals surface area contributed by atoms with Crippen molar-refractivity contribution in [2.24, 2.45) is 0 Å². The van der Waals surface area contributed by atoms with Crippen LogP contribution in [0.3, 0.4) is 0 Å². The monoisotopic (exact) mass is 366 g/mol. The van der Waals surface area contributed by atoms with Crippen LogP contribution in [0.25, 0.3) is 0 Å². The van der Waals surface area contributed by atoms with Gasteiger partial charge in [-0.25, -0.2) is 0 Å². The normalized spacial score (nSPS) is 17.4. The van der Waals surface area contributed by atoms with Crippen molar-refractivity contribution >= 4 is 0 Å². The first-order valence-electron chi connectivity index (χ1n) is 9.92. The first-order chi connectivity index (χ1) is 12.0. The van der Waals surface area contributed by atoms with E-state index in [1.807, 2.05) is 43.3 Å². The van der Waals surface area contributed by atoms with E-state index in [4.69, 9.17) is 6.85 Å². The second kappa shape index (κ2) is 8.50. The van der Waals surface area contributed by atoms with Gasteiger partial charge in [0, 0.05) is 16.5 Å². The molecule has 2 rings (SSSR count). The van der Waals surface area contributed by atoms with Crippen LogP contribution in [-0.4, -0.2) is 31.1 Å². The molecule has 1 atom stereocenters. The number of nitrogens with zero attached hydrogens (tertiary/aromatic N) is 1. The highest BCUT2D eigenvalue weighted by Gasteiger charge is 2.26. The third-order valence-electron chi connectivity index (χ3n) is 4.37. The molecule has 0 aliphatic heterocycles. The Morgan fingerprint density at radius 3 is 1.82 bits per heavy atom. The molecule has 0 saturated heterocycles. The summed E-state index contributed by atoms with van der Waals surface area (Å²) in [4.78, 5) is 0. The molecule has 2 aromatic carbocycles. The van der Waals surface area contributed by atoms with Crippen LogP contribution in [0.2, 0.25) is 0 Å². The third-order valence-corrected chi connectivity index (χ3v) is 4.37. The lowest BCUT2D eigenvalue weighted by Gasteiger charge is -2.37. The first-order valence-corrected chi connectivity index (χ1v) is 7.42. The summed E-state index contributed by atoms with van der Waals surface area (Å²) in [6.45, 7) is -3.08. The number of hydrogen-bond acceptors (Lipinski definition) is 0. The second-order valence-electron chi connectivity index (χ2n) is 6.11. The van der Waals surface area contributed by atoms with Crippen molar-refractivity contribution in [2.75, 3.05) is 20.6 Å². The quantitative estimate of drug-likeness (QED) is 0.682. The Morgan fingerprint density at radius 1 is 0.955 bits per heavy atom. The van der Waals surface area contributed by atoms with Gasteiger partial charge in [0.1, 0.15) is 0 Å². The molecule has 2 aromatic rings. The number of quaternary nitrogens is 1. The van der Waals surface area contributed by atoms with Gasteiger partial charge in [0.15, 0.2) is 0 Å². The van der Waals surface area contributed by atoms with Gasteiger partial charge in [-0.15, -0.1) is 0 Å². The SMILES string of the molecule is [2H]C([2H])([2H])C([2H])([2H])[N+](C)(C)C(C)CC(c1ccccc1)c1ccccc1.[Br-]. The Kier molecular flexibility index (Phi) is 4.76. The molecule has 0 amide bonds. The zero-order valence-electron chi connectivity index (χ0n) is 18.5. The van der Waals surface area contributed by atoms with Crippen LogP contribution < -0.4 is 17.0 Å². The molecule has 0 spiro atoms. The van der Waals surface area contributed by atoms with Gasteiger partial charge >= 0.3 is 0 Å². The Balaban J connectivity index is 0.00000364. The molecule has 0 saturated carbocycles. The number of benzene rings is 2. The molecule has 0 N–H and O–H groups in total. The highest BCUT2D eigenvalue weighted by atomic mass is 79.9. The van der Waals surface area contributed by atoms with Crippen molar-refractivity contribution in [3.05, 3.63) is 71.8 Å². The summed E-state index contributed by atoms with van der Waals surface area (Å²) in [5.41, 5.74) is 2.31. The van der Waals surface area contributed by atoms with Gasteiger partial charge in [0.05, 0.1) is 29.4 Å². The summed E-state index contributed by atoms with van der Waals surface area (Å²) in [7, 11) is 3.34. The largest absolute Gasteiger partial charge is 1.00 e. The lowest BCUT2D eigenvalue weighted by Crippen LogP contribution is -3.00. The van der Waals surface area contributed by atoms with Crippen molar-refractivity contribution in [3.63, 3.8) is 0 Å². The molecule has 1 unspecified atom stereocenters. The molecule has 0 aliphatic carbocycles. The maximum absolute atomic E-state index is 8.24. The van der Waals surface area contributed by atoms with E-state index in [1.54, 1.807) is 14.1 Å². The molecule has 2 heteroatoms. The molecule has 0 bridgehead atoms. The van der Waals surface area contributed by atoms with Gasteiger partial charge in [0.2, 0.25) is 0 Å². The van der Waals surface area contributed by atoms with E-state index in [9.17, 15) is 0 Å². The zero-order valence-corrected chi connectivity index (χ0v) is 15.0. The maximum atomic E-state index is 8.24. The maximum Gasteiger partial charge on any atom is 0.0921 e. The number of rotatable bonds is 6. The van der Waals surface area contributed by atoms with E-state index in [1.165, 1.54) is 0 Å². The molecule has 0 aromatic heterocycles. The van der Waals surface area contributed by atoms with Crippen LogP contribution in [-0.2, 0) is 0 Å². The van der Waals surface area contributed by atoms with E-state index in [0.717, 1.165) is 11.1 Å². The summed E-state index contributed by atoms with van der Waals surface area (Å²) in [6.07, 6.45) is 0.649. The van der Waals surface area contributed by atoms with Crippen LogP contribution >= 0.6 is 0 Å². The minimum atomic E-state index is -2.68. The predicted octanol–water partition coefficient (Wildman–Crippen LogP) is 1.70. The second-order valence-corrected chi connectivity index (χ2v) is 6.11. The Hall–Kier alpha value is -1.12. The van der Waals surface area contributed by atoms with Gasteiger partial charge in [-0.05, 0) is 24.9 Å². The Bertz CT molecular complexity index is 662. The van der Waals surface area contributed by atoms with Crippen molar-refractivity contribution in [2.45, 2.75) is 32.2 Å². The Labute approximate surface area is 153 Å². The first kappa shape index (κ1) is 12.3. The van der Waals surface area contributed by atoms with Gasteiger partial charge in [0.25, 0.3) is 0 Å². The lowest BCUT2D eigenvalue weighted by molar-refractivity contribution is -0.911. The summed E-state index contributed by atoms with van der Waals surface area (Å²) >= 11 is 0. The van der Waals surface area contributed by atoms with Crippen molar-refractivity contribution in [1.29, 1.82) is 0 Å². The minimum Gasteiger partial charge on any atom is -1.00 e. The van der Waals surface area contributed by atoms with Crippen LogP contribution in [0.4, 0.5) is 0 Å². The van der Waals surface area contributed by atoms with Crippen molar-refractivity contribution < 1.29 is 28.3 Å². The molecule has 0 fully saturated rings. The number of halogens is 1. The van der Waals surface area contributed by atoms with E-state index in [0.29, 0.717) is 6.42 Å². The standard InChI is InChI=1S/C20H28N.BrH/c1-5-21(3,4)17(2)16-20(18-12-8-6-9-13-18)19-14-10-7-11-15-19;/h6-15,17,20H,5,16H2,1-4H3;1H/q+1;/p-1/i1D3,5D2;. The minimum absolute atomic E-state index is 0. The summed E-state index contributed by atoms with van der Waals surface area (Å²) in [5.74, 6) is 0.0807. The average molecular weight is 367 g/mol. The summed E-state index contributed by atoms with van der Waals surface area (Å²) in [6, 6.07) is 20.0. The smallest absolute Gasteiger partial charge is 0.0921 e. The number of hydrogen-bond donors (Lipinski definition) is 0. The average Bonchev–Trinajstić information content (AvgIpc) is 2.59. The lowest BCUT2D eigenvalue weighted by atomic mass is 9.85. The van der Waals surface area contributed by atoms with E-state index in [-0.39, 0.29) is 33.4 Å². The molecular formula is C20H28BrN. The highest BCUT2D eigenvalue weighted by molar-refractivity contribution is 5.32. The van der Waals surface area contributed by atoms with Gasteiger partial charge in [-0.3, -0.25) is 0 Å². The van der Waals surface area contributed by atoms with Crippen LogP contribution in [0, 0.1) is 0 Å². The van der Waals surface area contributed by atoms with Crippen LogP contribution in [0.1, 0.15) is 44.1 Å². The van der Waals surface area contributed by atoms with Crippen LogP contribution in [0.15, 0.2) is 60.7 Å². The Morgan fingerprint density at radius 2 is 1.41 bits per heavy atom. The molecule has 120 valence electrons.